The van der Waals surface area contributed by atoms with E-state index < -0.39 is 0 Å². The molecule has 1 heteroatoms. The Hall–Kier alpha value is -2.28. The van der Waals surface area contributed by atoms with Crippen LogP contribution in [0, 0.1) is 5.92 Å². The van der Waals surface area contributed by atoms with Gasteiger partial charge >= 0.3 is 0 Å². The summed E-state index contributed by atoms with van der Waals surface area (Å²) in [5.74, 6) is 0.425. The maximum atomic E-state index is 4.32. The first-order valence-electron chi connectivity index (χ1n) is 7.48. The summed E-state index contributed by atoms with van der Waals surface area (Å²) in [4.78, 5) is 2.35. The third-order valence-corrected chi connectivity index (χ3v) is 4.07. The fourth-order valence-electron chi connectivity index (χ4n) is 2.72. The minimum Gasteiger partial charge on any atom is -0.341 e. The second kappa shape index (κ2) is 5.61. The van der Waals surface area contributed by atoms with E-state index in [0.29, 0.717) is 5.92 Å². The molecule has 2 aromatic carbocycles. The number of hydrogen-bond donors (Lipinski definition) is 0. The van der Waals surface area contributed by atoms with E-state index >= 15 is 0 Å². The average molecular weight is 275 g/mol. The smallest absolute Gasteiger partial charge is 0.0484 e. The van der Waals surface area contributed by atoms with Gasteiger partial charge in [0.05, 0.1) is 0 Å². The van der Waals surface area contributed by atoms with Crippen LogP contribution in [0.5, 0.6) is 0 Å². The van der Waals surface area contributed by atoms with E-state index in [1.807, 2.05) is 0 Å². The number of para-hydroxylation sites is 1. The molecule has 0 spiro atoms. The molecule has 0 bridgehead atoms. The predicted octanol–water partition coefficient (Wildman–Crippen LogP) is 5.35. The maximum Gasteiger partial charge on any atom is 0.0484 e. The summed E-state index contributed by atoms with van der Waals surface area (Å²) >= 11 is 0. The van der Waals surface area contributed by atoms with Crippen LogP contribution >= 0.6 is 0 Å². The van der Waals surface area contributed by atoms with Gasteiger partial charge in [0.2, 0.25) is 0 Å². The number of fused-ring (bicyclic) bond motifs is 2. The molecule has 0 radical (unpaired) electrons. The number of anilines is 1. The van der Waals surface area contributed by atoms with Crippen LogP contribution in [0.15, 0.2) is 60.8 Å². The molecule has 1 heterocycles. The van der Waals surface area contributed by atoms with Crippen molar-refractivity contribution in [2.24, 2.45) is 5.92 Å². The first kappa shape index (κ1) is 13.7. The third-order valence-electron chi connectivity index (χ3n) is 4.07. The van der Waals surface area contributed by atoms with Gasteiger partial charge in [0.1, 0.15) is 0 Å². The Balaban J connectivity index is 2.16. The second-order valence-corrected chi connectivity index (χ2v) is 5.82. The Morgan fingerprint density at radius 1 is 0.952 bits per heavy atom. The highest BCUT2D eigenvalue weighted by Crippen LogP contribution is 2.32. The topological polar surface area (TPSA) is 3.24 Å². The Bertz CT molecular complexity index is 694. The van der Waals surface area contributed by atoms with Crippen molar-refractivity contribution in [2.75, 3.05) is 4.90 Å². The zero-order valence-electron chi connectivity index (χ0n) is 12.7. The molecule has 0 N–H and O–H groups in total. The van der Waals surface area contributed by atoms with Gasteiger partial charge in [-0.2, -0.15) is 0 Å². The zero-order valence-corrected chi connectivity index (χ0v) is 12.7. The highest BCUT2D eigenvalue weighted by atomic mass is 15.1. The predicted molar refractivity (Wildman–Crippen MR) is 92.0 cm³/mol. The lowest BCUT2D eigenvalue weighted by atomic mass is 9.99. The monoisotopic (exact) mass is 275 g/mol. The Kier molecular flexibility index (Phi) is 3.66. The molecule has 0 unspecified atom stereocenters. The first-order valence-corrected chi connectivity index (χ1v) is 7.48. The van der Waals surface area contributed by atoms with Crippen molar-refractivity contribution in [2.45, 2.75) is 20.4 Å². The van der Waals surface area contributed by atoms with Crippen LogP contribution in [0.3, 0.4) is 0 Å². The fraction of sp³-hybridized carbons (Fsp3) is 0.200. The van der Waals surface area contributed by atoms with E-state index in [9.17, 15) is 0 Å². The van der Waals surface area contributed by atoms with Gasteiger partial charge < -0.3 is 4.90 Å². The van der Waals surface area contributed by atoms with Gasteiger partial charge in [-0.05, 0) is 28.7 Å². The first-order chi connectivity index (χ1) is 10.2. The van der Waals surface area contributed by atoms with Gasteiger partial charge in [0, 0.05) is 17.9 Å². The Morgan fingerprint density at radius 2 is 1.57 bits per heavy atom. The minimum atomic E-state index is 0.425. The van der Waals surface area contributed by atoms with Crippen LogP contribution < -0.4 is 4.90 Å². The number of rotatable bonds is 2. The van der Waals surface area contributed by atoms with Crippen molar-refractivity contribution in [3.05, 3.63) is 77.5 Å². The van der Waals surface area contributed by atoms with Crippen molar-refractivity contribution in [1.29, 1.82) is 0 Å². The zero-order chi connectivity index (χ0) is 14.8. The van der Waals surface area contributed by atoms with Gasteiger partial charge in [-0.1, -0.05) is 75.0 Å². The number of allylic oxidation sites excluding steroid dienone is 1. The largest absolute Gasteiger partial charge is 0.341 e. The van der Waals surface area contributed by atoms with Crippen molar-refractivity contribution >= 4 is 17.8 Å². The number of benzene rings is 2. The summed E-state index contributed by atoms with van der Waals surface area (Å²) in [5, 5.41) is 0. The fourth-order valence-corrected chi connectivity index (χ4v) is 2.72. The summed E-state index contributed by atoms with van der Waals surface area (Å²) in [6.45, 7) is 9.59. The molecule has 2 aromatic rings. The molecule has 0 saturated heterocycles. The summed E-state index contributed by atoms with van der Waals surface area (Å²) < 4.78 is 0. The van der Waals surface area contributed by atoms with Gasteiger partial charge in [-0.3, -0.25) is 0 Å². The van der Waals surface area contributed by atoms with Crippen LogP contribution in [0.4, 0.5) is 5.69 Å². The molecule has 0 saturated carbocycles. The molecular weight excluding hydrogens is 254 g/mol. The van der Waals surface area contributed by atoms with E-state index in [0.717, 1.165) is 12.2 Å². The van der Waals surface area contributed by atoms with E-state index in [1.165, 1.54) is 22.4 Å². The SMILES string of the molecule is C=C(C(C)C)N1Cc2ccccc2/C=C\c2ccccc21. The van der Waals surface area contributed by atoms with Crippen LogP contribution in [0.2, 0.25) is 0 Å². The molecule has 0 atom stereocenters. The summed E-state index contributed by atoms with van der Waals surface area (Å²) in [6, 6.07) is 17.1. The highest BCUT2D eigenvalue weighted by molar-refractivity contribution is 5.80. The van der Waals surface area contributed by atoms with Crippen molar-refractivity contribution in [1.82, 2.24) is 0 Å². The Labute approximate surface area is 127 Å². The van der Waals surface area contributed by atoms with Crippen molar-refractivity contribution in [3.8, 4) is 0 Å². The van der Waals surface area contributed by atoms with Gasteiger partial charge in [0.15, 0.2) is 0 Å². The van der Waals surface area contributed by atoms with E-state index in [4.69, 9.17) is 0 Å². The average Bonchev–Trinajstić information content (AvgIpc) is 2.49. The van der Waals surface area contributed by atoms with Crippen molar-refractivity contribution < 1.29 is 0 Å². The van der Waals surface area contributed by atoms with Crippen LogP contribution in [-0.2, 0) is 6.54 Å². The lowest BCUT2D eigenvalue weighted by Crippen LogP contribution is -2.25. The molecule has 1 aliphatic heterocycles. The molecule has 0 aromatic heterocycles. The molecule has 0 fully saturated rings. The normalized spacial score (nSPS) is 14.9. The van der Waals surface area contributed by atoms with E-state index in [1.54, 1.807) is 0 Å². The number of hydrogen-bond acceptors (Lipinski definition) is 1. The van der Waals surface area contributed by atoms with E-state index in [-0.39, 0.29) is 0 Å². The van der Waals surface area contributed by atoms with Gasteiger partial charge in [-0.15, -0.1) is 0 Å². The lowest BCUT2D eigenvalue weighted by molar-refractivity contribution is 0.707. The lowest BCUT2D eigenvalue weighted by Gasteiger charge is -2.32. The quantitative estimate of drug-likeness (QED) is 0.714. The Morgan fingerprint density at radius 3 is 2.33 bits per heavy atom. The highest BCUT2D eigenvalue weighted by Gasteiger charge is 2.18. The van der Waals surface area contributed by atoms with Gasteiger partial charge in [-0.25, -0.2) is 0 Å². The summed E-state index contributed by atoms with van der Waals surface area (Å²) in [6.07, 6.45) is 4.41. The van der Waals surface area contributed by atoms with Crippen LogP contribution in [-0.4, -0.2) is 0 Å². The molecule has 21 heavy (non-hydrogen) atoms. The van der Waals surface area contributed by atoms with Crippen LogP contribution in [0.1, 0.15) is 30.5 Å². The van der Waals surface area contributed by atoms with Crippen LogP contribution in [0.25, 0.3) is 12.2 Å². The molecule has 0 amide bonds. The molecule has 0 aliphatic carbocycles. The summed E-state index contributed by atoms with van der Waals surface area (Å²) in [7, 11) is 0. The van der Waals surface area contributed by atoms with E-state index in [2.05, 4.69) is 86.0 Å². The second-order valence-electron chi connectivity index (χ2n) is 5.82. The third kappa shape index (κ3) is 2.64. The molecule has 3 rings (SSSR count). The minimum absolute atomic E-state index is 0.425. The summed E-state index contributed by atoms with van der Waals surface area (Å²) in [5.41, 5.74) is 6.27. The molecule has 1 nitrogen and oxygen atoms in total. The maximum absolute atomic E-state index is 4.32. The molecule has 106 valence electrons. The molecular formula is C20H21N. The van der Waals surface area contributed by atoms with Gasteiger partial charge in [0.25, 0.3) is 0 Å². The van der Waals surface area contributed by atoms with Crippen molar-refractivity contribution in [3.63, 3.8) is 0 Å². The standard InChI is InChI=1S/C20H21N/c1-15(2)16(3)21-14-19-10-5-4-8-17(19)12-13-18-9-6-7-11-20(18)21/h4-13,15H,3,14H2,1-2H3/b13-12-. The number of nitrogens with zero attached hydrogens (tertiary/aromatic N) is 1. The molecule has 1 aliphatic rings.